The van der Waals surface area contributed by atoms with E-state index in [-0.39, 0.29) is 0 Å². The lowest BCUT2D eigenvalue weighted by Gasteiger charge is -2.02. The molecule has 1 aromatic rings. The summed E-state index contributed by atoms with van der Waals surface area (Å²) in [6.07, 6.45) is 6.02. The zero-order chi connectivity index (χ0) is 11.1. The summed E-state index contributed by atoms with van der Waals surface area (Å²) in [5.74, 6) is 0. The number of hydrogen-bond donors (Lipinski definition) is 1. The van der Waals surface area contributed by atoms with E-state index in [0.717, 1.165) is 25.3 Å². The Morgan fingerprint density at radius 1 is 1.33 bits per heavy atom. The summed E-state index contributed by atoms with van der Waals surface area (Å²) < 4.78 is 2.00. The molecule has 0 saturated heterocycles. The monoisotopic (exact) mass is 209 g/mol. The molecule has 0 amide bonds. The Labute approximate surface area is 92.9 Å². The number of nitrogens with one attached hydrogen (secondary N) is 1. The van der Waals surface area contributed by atoms with Gasteiger partial charge in [-0.15, -0.1) is 0 Å². The van der Waals surface area contributed by atoms with Gasteiger partial charge in [0.15, 0.2) is 0 Å². The Balaban J connectivity index is 2.27. The molecule has 0 aromatic carbocycles. The maximum atomic E-state index is 4.42. The first-order chi connectivity index (χ1) is 7.27. The fraction of sp³-hybridized carbons (Fsp3) is 0.750. The third-order valence-electron chi connectivity index (χ3n) is 2.64. The van der Waals surface area contributed by atoms with Gasteiger partial charge >= 0.3 is 0 Å². The van der Waals surface area contributed by atoms with Crippen LogP contribution in [0.1, 0.15) is 44.4 Å². The predicted molar refractivity (Wildman–Crippen MR) is 63.9 cm³/mol. The van der Waals surface area contributed by atoms with E-state index >= 15 is 0 Å². The molecular weight excluding hydrogens is 186 g/mol. The Bertz CT molecular complexity index is 278. The first kappa shape index (κ1) is 12.2. The zero-order valence-corrected chi connectivity index (χ0v) is 10.2. The fourth-order valence-corrected chi connectivity index (χ4v) is 1.62. The molecule has 0 fully saturated rings. The van der Waals surface area contributed by atoms with Crippen molar-refractivity contribution in [1.29, 1.82) is 0 Å². The van der Waals surface area contributed by atoms with Crippen LogP contribution in [0.15, 0.2) is 6.20 Å². The second-order valence-corrected chi connectivity index (χ2v) is 3.98. The minimum Gasteiger partial charge on any atom is -0.313 e. The highest BCUT2D eigenvalue weighted by atomic mass is 15.3. The van der Waals surface area contributed by atoms with Crippen LogP contribution >= 0.6 is 0 Å². The third-order valence-corrected chi connectivity index (χ3v) is 2.64. The van der Waals surface area contributed by atoms with Gasteiger partial charge in [-0.05, 0) is 26.8 Å². The van der Waals surface area contributed by atoms with Crippen molar-refractivity contribution in [1.82, 2.24) is 15.1 Å². The average molecular weight is 209 g/mol. The lowest BCUT2D eigenvalue weighted by Crippen LogP contribution is -2.14. The van der Waals surface area contributed by atoms with Crippen LogP contribution in [0.25, 0.3) is 0 Å². The van der Waals surface area contributed by atoms with Crippen LogP contribution < -0.4 is 5.32 Å². The van der Waals surface area contributed by atoms with Crippen molar-refractivity contribution in [3.63, 3.8) is 0 Å². The SMILES string of the molecule is CCCCCNCc1cn(CC)nc1C. The maximum absolute atomic E-state index is 4.42. The predicted octanol–water partition coefficient (Wildman–Crippen LogP) is 2.49. The quantitative estimate of drug-likeness (QED) is 0.699. The lowest BCUT2D eigenvalue weighted by atomic mass is 10.2. The molecule has 0 unspecified atom stereocenters. The number of unbranched alkanes of at least 4 members (excludes halogenated alkanes) is 2. The van der Waals surface area contributed by atoms with Gasteiger partial charge in [0.05, 0.1) is 5.69 Å². The summed E-state index contributed by atoms with van der Waals surface area (Å²) in [5, 5.41) is 7.88. The summed E-state index contributed by atoms with van der Waals surface area (Å²) in [6, 6.07) is 0. The molecule has 3 nitrogen and oxygen atoms in total. The summed E-state index contributed by atoms with van der Waals surface area (Å²) in [7, 11) is 0. The van der Waals surface area contributed by atoms with Gasteiger partial charge in [-0.2, -0.15) is 5.10 Å². The molecule has 1 heterocycles. The van der Waals surface area contributed by atoms with Crippen LogP contribution in [0.4, 0.5) is 0 Å². The van der Waals surface area contributed by atoms with Gasteiger partial charge in [-0.3, -0.25) is 4.68 Å². The number of aryl methyl sites for hydroxylation is 2. The van der Waals surface area contributed by atoms with Crippen molar-refractivity contribution in [3.05, 3.63) is 17.5 Å². The maximum Gasteiger partial charge on any atom is 0.0638 e. The molecule has 0 aliphatic heterocycles. The molecule has 1 aromatic heterocycles. The number of hydrogen-bond acceptors (Lipinski definition) is 2. The van der Waals surface area contributed by atoms with Gasteiger partial charge in [-0.25, -0.2) is 0 Å². The summed E-state index contributed by atoms with van der Waals surface area (Å²) in [4.78, 5) is 0. The summed E-state index contributed by atoms with van der Waals surface area (Å²) >= 11 is 0. The van der Waals surface area contributed by atoms with Gasteiger partial charge < -0.3 is 5.32 Å². The van der Waals surface area contributed by atoms with E-state index in [1.54, 1.807) is 0 Å². The molecule has 0 aliphatic rings. The average Bonchev–Trinajstić information content (AvgIpc) is 2.59. The van der Waals surface area contributed by atoms with E-state index in [0.29, 0.717) is 0 Å². The molecule has 15 heavy (non-hydrogen) atoms. The van der Waals surface area contributed by atoms with Crippen LogP contribution in [0.5, 0.6) is 0 Å². The topological polar surface area (TPSA) is 29.9 Å². The summed E-state index contributed by atoms with van der Waals surface area (Å²) in [5.41, 5.74) is 2.48. The number of nitrogens with zero attached hydrogens (tertiary/aromatic N) is 2. The minimum absolute atomic E-state index is 0.954. The van der Waals surface area contributed by atoms with Crippen LogP contribution in [-0.2, 0) is 13.1 Å². The van der Waals surface area contributed by atoms with E-state index in [1.807, 2.05) is 4.68 Å². The molecule has 0 spiro atoms. The second kappa shape index (κ2) is 6.62. The van der Waals surface area contributed by atoms with E-state index in [4.69, 9.17) is 0 Å². The first-order valence-corrected chi connectivity index (χ1v) is 6.01. The molecule has 3 heteroatoms. The second-order valence-electron chi connectivity index (χ2n) is 3.98. The van der Waals surface area contributed by atoms with Gasteiger partial charge in [0.25, 0.3) is 0 Å². The van der Waals surface area contributed by atoms with E-state index in [1.165, 1.54) is 24.8 Å². The number of aromatic nitrogens is 2. The highest BCUT2D eigenvalue weighted by molar-refractivity contribution is 5.14. The van der Waals surface area contributed by atoms with E-state index < -0.39 is 0 Å². The van der Waals surface area contributed by atoms with Crippen molar-refractivity contribution in [3.8, 4) is 0 Å². The first-order valence-electron chi connectivity index (χ1n) is 6.01. The van der Waals surface area contributed by atoms with Crippen LogP contribution in [0.2, 0.25) is 0 Å². The Kier molecular flexibility index (Phi) is 5.40. The normalized spacial score (nSPS) is 10.9. The minimum atomic E-state index is 0.954. The van der Waals surface area contributed by atoms with Crippen LogP contribution in [-0.4, -0.2) is 16.3 Å². The molecular formula is C12H23N3. The Morgan fingerprint density at radius 3 is 2.73 bits per heavy atom. The van der Waals surface area contributed by atoms with Crippen molar-refractivity contribution < 1.29 is 0 Å². The van der Waals surface area contributed by atoms with Crippen molar-refractivity contribution in [2.75, 3.05) is 6.54 Å². The molecule has 0 radical (unpaired) electrons. The van der Waals surface area contributed by atoms with Gasteiger partial charge in [0.2, 0.25) is 0 Å². The lowest BCUT2D eigenvalue weighted by molar-refractivity contribution is 0.615. The van der Waals surface area contributed by atoms with Crippen LogP contribution in [0, 0.1) is 6.92 Å². The molecule has 0 bridgehead atoms. The molecule has 1 rings (SSSR count). The zero-order valence-electron chi connectivity index (χ0n) is 10.2. The fourth-order valence-electron chi connectivity index (χ4n) is 1.62. The molecule has 0 atom stereocenters. The Hall–Kier alpha value is -0.830. The molecule has 86 valence electrons. The Morgan fingerprint density at radius 2 is 2.13 bits per heavy atom. The highest BCUT2D eigenvalue weighted by Crippen LogP contribution is 2.05. The van der Waals surface area contributed by atoms with E-state index in [2.05, 4.69) is 37.4 Å². The largest absolute Gasteiger partial charge is 0.313 e. The van der Waals surface area contributed by atoms with Crippen molar-refractivity contribution >= 4 is 0 Å². The van der Waals surface area contributed by atoms with Gasteiger partial charge in [0, 0.05) is 24.8 Å². The van der Waals surface area contributed by atoms with Crippen molar-refractivity contribution in [2.24, 2.45) is 0 Å². The number of rotatable bonds is 7. The molecule has 0 saturated carbocycles. The van der Waals surface area contributed by atoms with Crippen LogP contribution in [0.3, 0.4) is 0 Å². The smallest absolute Gasteiger partial charge is 0.0638 e. The van der Waals surface area contributed by atoms with Gasteiger partial charge in [-0.1, -0.05) is 19.8 Å². The third kappa shape index (κ3) is 4.04. The summed E-state index contributed by atoms with van der Waals surface area (Å²) in [6.45, 7) is 9.45. The van der Waals surface area contributed by atoms with Gasteiger partial charge in [0.1, 0.15) is 0 Å². The van der Waals surface area contributed by atoms with E-state index in [9.17, 15) is 0 Å². The molecule has 1 N–H and O–H groups in total. The molecule has 0 aliphatic carbocycles. The standard InChI is InChI=1S/C12H23N3/c1-4-6-7-8-13-9-12-10-15(5-2)14-11(12)3/h10,13H,4-9H2,1-3H3. The van der Waals surface area contributed by atoms with Crippen molar-refractivity contribution in [2.45, 2.75) is 53.1 Å². The highest BCUT2D eigenvalue weighted by Gasteiger charge is 2.02.